The van der Waals surface area contributed by atoms with Gasteiger partial charge in [0, 0.05) is 11.5 Å². The Morgan fingerprint density at radius 3 is 2.62 bits per heavy atom. The topological polar surface area (TPSA) is 63.6 Å². The molecule has 1 rings (SSSR count). The molecule has 0 saturated carbocycles. The Morgan fingerprint density at radius 1 is 1.44 bits per heavy atom. The fourth-order valence-corrected chi connectivity index (χ4v) is 1.20. The third-order valence-electron chi connectivity index (χ3n) is 1.69. The summed E-state index contributed by atoms with van der Waals surface area (Å²) in [5, 5.41) is 8.79. The van der Waals surface area contributed by atoms with E-state index in [4.69, 9.17) is 16.7 Å². The first-order valence-corrected chi connectivity index (χ1v) is 4.55. The molecule has 0 unspecified atom stereocenters. The molecule has 0 aliphatic heterocycles. The van der Waals surface area contributed by atoms with Crippen molar-refractivity contribution >= 4 is 23.5 Å². The summed E-state index contributed by atoms with van der Waals surface area (Å²) in [5.41, 5.74) is 0.436. The van der Waals surface area contributed by atoms with Gasteiger partial charge in [0.15, 0.2) is 0 Å². The zero-order valence-electron chi connectivity index (χ0n) is 8.28. The van der Waals surface area contributed by atoms with E-state index in [1.54, 1.807) is 0 Å². The Hall–Kier alpha value is -1.99. The van der Waals surface area contributed by atoms with Crippen LogP contribution in [0, 0.1) is 11.8 Å². The molecule has 0 spiro atoms. The Balaban J connectivity index is 3.01. The van der Waals surface area contributed by atoms with Crippen LogP contribution < -0.4 is 0 Å². The zero-order chi connectivity index (χ0) is 12.1. The highest BCUT2D eigenvalue weighted by Gasteiger charge is 2.07. The number of carboxylic acid groups (broad SMARTS) is 1. The number of hydrogen-bond acceptors (Lipinski definition) is 3. The molecule has 0 aliphatic rings. The highest BCUT2D eigenvalue weighted by molar-refractivity contribution is 6.33. The zero-order valence-corrected chi connectivity index (χ0v) is 9.04. The number of methoxy groups -OCH3 is 1. The van der Waals surface area contributed by atoms with Gasteiger partial charge in [-0.05, 0) is 18.2 Å². The molecule has 0 aliphatic carbocycles. The molecule has 5 heteroatoms. The Morgan fingerprint density at radius 2 is 2.12 bits per heavy atom. The first kappa shape index (κ1) is 12.1. The van der Waals surface area contributed by atoms with E-state index >= 15 is 0 Å². The molecule has 0 fully saturated rings. The van der Waals surface area contributed by atoms with E-state index in [2.05, 4.69) is 16.6 Å². The molecule has 82 valence electrons. The summed E-state index contributed by atoms with van der Waals surface area (Å²) in [6, 6.07) is 4.16. The van der Waals surface area contributed by atoms with Crippen LogP contribution in [0.5, 0.6) is 0 Å². The van der Waals surface area contributed by atoms with Gasteiger partial charge in [-0.15, -0.1) is 0 Å². The van der Waals surface area contributed by atoms with Crippen LogP contribution in [0.1, 0.15) is 15.9 Å². The van der Waals surface area contributed by atoms with E-state index in [1.165, 1.54) is 25.3 Å². The SMILES string of the molecule is COC(=O)C#Cc1ccc(C(=O)O)c(Cl)c1. The van der Waals surface area contributed by atoms with Crippen LogP contribution in [0.4, 0.5) is 0 Å². The molecular weight excluding hydrogens is 232 g/mol. The maximum Gasteiger partial charge on any atom is 0.384 e. The van der Waals surface area contributed by atoms with E-state index < -0.39 is 11.9 Å². The maximum absolute atomic E-state index is 10.7. The second-order valence-corrected chi connectivity index (χ2v) is 3.15. The molecule has 0 heterocycles. The minimum atomic E-state index is -1.11. The molecule has 0 radical (unpaired) electrons. The largest absolute Gasteiger partial charge is 0.478 e. The summed E-state index contributed by atoms with van der Waals surface area (Å²) in [6.07, 6.45) is 0. The average Bonchev–Trinajstić information content (AvgIpc) is 2.25. The predicted molar refractivity (Wildman–Crippen MR) is 57.3 cm³/mol. The lowest BCUT2D eigenvalue weighted by Gasteiger charge is -1.98. The van der Waals surface area contributed by atoms with Crippen LogP contribution in [0.2, 0.25) is 5.02 Å². The molecule has 0 atom stereocenters. The predicted octanol–water partition coefficient (Wildman–Crippen LogP) is 1.56. The molecule has 0 bridgehead atoms. The Kier molecular flexibility index (Phi) is 3.92. The molecule has 0 aromatic heterocycles. The molecule has 1 aromatic carbocycles. The van der Waals surface area contributed by atoms with E-state index in [1.807, 2.05) is 0 Å². The van der Waals surface area contributed by atoms with Crippen molar-refractivity contribution in [3.05, 3.63) is 34.3 Å². The number of carbonyl (C=O) groups excluding carboxylic acids is 1. The maximum atomic E-state index is 10.7. The van der Waals surface area contributed by atoms with Crippen molar-refractivity contribution in [3.63, 3.8) is 0 Å². The number of carbonyl (C=O) groups is 2. The van der Waals surface area contributed by atoms with Crippen LogP contribution in [0.25, 0.3) is 0 Å². The molecule has 1 aromatic rings. The second-order valence-electron chi connectivity index (χ2n) is 2.74. The summed E-state index contributed by atoms with van der Waals surface area (Å²) in [4.78, 5) is 21.4. The molecule has 16 heavy (non-hydrogen) atoms. The fraction of sp³-hybridized carbons (Fsp3) is 0.0909. The van der Waals surface area contributed by atoms with Gasteiger partial charge in [0.05, 0.1) is 17.7 Å². The van der Waals surface area contributed by atoms with Gasteiger partial charge >= 0.3 is 11.9 Å². The van der Waals surface area contributed by atoms with Crippen LogP contribution in [-0.2, 0) is 9.53 Å². The number of esters is 1. The number of hydrogen-bond donors (Lipinski definition) is 1. The number of carboxylic acids is 1. The summed E-state index contributed by atoms with van der Waals surface area (Å²) in [7, 11) is 1.22. The lowest BCUT2D eigenvalue weighted by Crippen LogP contribution is -1.97. The minimum Gasteiger partial charge on any atom is -0.478 e. The van der Waals surface area contributed by atoms with Crippen LogP contribution in [0.15, 0.2) is 18.2 Å². The van der Waals surface area contributed by atoms with Gasteiger partial charge in [-0.3, -0.25) is 0 Å². The second kappa shape index (κ2) is 5.19. The first-order chi connectivity index (χ1) is 7.54. The van der Waals surface area contributed by atoms with Crippen LogP contribution in [-0.4, -0.2) is 24.2 Å². The lowest BCUT2D eigenvalue weighted by atomic mass is 10.1. The van der Waals surface area contributed by atoms with Crippen molar-refractivity contribution in [2.45, 2.75) is 0 Å². The van der Waals surface area contributed by atoms with Gasteiger partial charge in [0.2, 0.25) is 0 Å². The van der Waals surface area contributed by atoms with Crippen molar-refractivity contribution < 1.29 is 19.4 Å². The van der Waals surface area contributed by atoms with Gasteiger partial charge in [-0.25, -0.2) is 9.59 Å². The summed E-state index contributed by atoms with van der Waals surface area (Å²) in [6.45, 7) is 0. The Bertz CT molecular complexity index is 496. The highest BCUT2D eigenvalue weighted by atomic mass is 35.5. The van der Waals surface area contributed by atoms with Gasteiger partial charge in [0.25, 0.3) is 0 Å². The van der Waals surface area contributed by atoms with E-state index in [-0.39, 0.29) is 10.6 Å². The van der Waals surface area contributed by atoms with E-state index in [9.17, 15) is 9.59 Å². The van der Waals surface area contributed by atoms with Gasteiger partial charge in [-0.2, -0.15) is 0 Å². The number of halogens is 1. The van der Waals surface area contributed by atoms with Crippen molar-refractivity contribution in [1.29, 1.82) is 0 Å². The van der Waals surface area contributed by atoms with Crippen LogP contribution in [0.3, 0.4) is 0 Å². The number of ether oxygens (including phenoxy) is 1. The average molecular weight is 239 g/mol. The molecule has 0 saturated heterocycles. The first-order valence-electron chi connectivity index (χ1n) is 4.17. The standard InChI is InChI=1S/C11H7ClO4/c1-16-10(13)5-3-7-2-4-8(11(14)15)9(12)6-7/h2,4,6H,1H3,(H,14,15). The fourth-order valence-electron chi connectivity index (χ4n) is 0.941. The third-order valence-corrected chi connectivity index (χ3v) is 2.01. The lowest BCUT2D eigenvalue weighted by molar-refractivity contribution is -0.133. The normalized spacial score (nSPS) is 8.88. The molecular formula is C11H7ClO4. The highest BCUT2D eigenvalue weighted by Crippen LogP contribution is 2.17. The quantitative estimate of drug-likeness (QED) is 0.596. The van der Waals surface area contributed by atoms with Gasteiger partial charge < -0.3 is 9.84 Å². The van der Waals surface area contributed by atoms with Crippen molar-refractivity contribution in [2.75, 3.05) is 7.11 Å². The third kappa shape index (κ3) is 3.01. The molecule has 0 amide bonds. The molecule has 1 N–H and O–H groups in total. The van der Waals surface area contributed by atoms with Crippen molar-refractivity contribution in [2.24, 2.45) is 0 Å². The van der Waals surface area contributed by atoms with Gasteiger partial charge in [0.1, 0.15) is 0 Å². The van der Waals surface area contributed by atoms with Crippen molar-refractivity contribution in [1.82, 2.24) is 0 Å². The van der Waals surface area contributed by atoms with E-state index in [0.717, 1.165) is 0 Å². The smallest absolute Gasteiger partial charge is 0.384 e. The molecule has 4 nitrogen and oxygen atoms in total. The Labute approximate surface area is 96.8 Å². The summed E-state index contributed by atoms with van der Waals surface area (Å²) >= 11 is 5.71. The summed E-state index contributed by atoms with van der Waals surface area (Å²) < 4.78 is 4.32. The van der Waals surface area contributed by atoms with Crippen LogP contribution >= 0.6 is 11.6 Å². The minimum absolute atomic E-state index is 0.00900. The van der Waals surface area contributed by atoms with E-state index in [0.29, 0.717) is 5.56 Å². The summed E-state index contributed by atoms with van der Waals surface area (Å²) in [5.74, 6) is 2.93. The number of rotatable bonds is 1. The van der Waals surface area contributed by atoms with Crippen molar-refractivity contribution in [3.8, 4) is 11.8 Å². The van der Waals surface area contributed by atoms with Gasteiger partial charge in [-0.1, -0.05) is 17.5 Å². The number of aromatic carboxylic acids is 1. The monoisotopic (exact) mass is 238 g/mol. The number of benzene rings is 1.